The highest BCUT2D eigenvalue weighted by molar-refractivity contribution is 6.01. The Bertz CT molecular complexity index is 914. The average Bonchev–Trinajstić information content (AvgIpc) is 3.09. The molecule has 9 heteroatoms. The predicted octanol–water partition coefficient (Wildman–Crippen LogP) is 2.58. The third kappa shape index (κ3) is 4.55. The van der Waals surface area contributed by atoms with Gasteiger partial charge in [0.25, 0.3) is 5.91 Å². The molecule has 0 radical (unpaired) electrons. The van der Waals surface area contributed by atoms with E-state index in [0.717, 1.165) is 0 Å². The Morgan fingerprint density at radius 1 is 1.27 bits per heavy atom. The van der Waals surface area contributed by atoms with E-state index in [4.69, 9.17) is 4.74 Å². The summed E-state index contributed by atoms with van der Waals surface area (Å²) in [7, 11) is 0. The number of carbonyl (C=O) groups excluding carboxylic acids is 3. The number of nitrogens with one attached hydrogen (secondary N) is 1. The van der Waals surface area contributed by atoms with E-state index in [1.165, 1.54) is 28.9 Å². The molecule has 0 aromatic heterocycles. The van der Waals surface area contributed by atoms with Crippen molar-refractivity contribution in [3.05, 3.63) is 35.6 Å². The maximum atomic E-state index is 13.5. The molecule has 8 nitrogen and oxygen atoms in total. The van der Waals surface area contributed by atoms with Gasteiger partial charge in [-0.05, 0) is 72.1 Å². The molecular weight excluding hydrogens is 429 g/mol. The molecule has 2 aliphatic heterocycles. The molecule has 5 atom stereocenters. The first-order valence-corrected chi connectivity index (χ1v) is 11.3. The fraction of sp³-hybridized carbons (Fsp3) is 0.625. The van der Waals surface area contributed by atoms with Crippen LogP contribution in [-0.4, -0.2) is 68.2 Å². The molecule has 0 aliphatic carbocycles. The molecule has 3 rings (SSSR count). The Hall–Kier alpha value is -2.68. The van der Waals surface area contributed by atoms with Gasteiger partial charge in [0.1, 0.15) is 23.0 Å². The van der Waals surface area contributed by atoms with Crippen LogP contribution in [-0.2, 0) is 20.9 Å². The molecule has 1 aromatic carbocycles. The van der Waals surface area contributed by atoms with Crippen LogP contribution in [0.2, 0.25) is 0 Å². The van der Waals surface area contributed by atoms with Gasteiger partial charge in [-0.15, -0.1) is 0 Å². The van der Waals surface area contributed by atoms with Gasteiger partial charge in [-0.25, -0.2) is 9.18 Å². The van der Waals surface area contributed by atoms with Gasteiger partial charge in [-0.3, -0.25) is 14.5 Å². The van der Waals surface area contributed by atoms with Crippen molar-refractivity contribution in [3.63, 3.8) is 0 Å². The lowest BCUT2D eigenvalue weighted by molar-refractivity contribution is -0.184. The number of hydrogen-bond acceptors (Lipinski definition) is 5. The summed E-state index contributed by atoms with van der Waals surface area (Å²) in [6.45, 7) is 10.6. The van der Waals surface area contributed by atoms with Crippen molar-refractivity contribution < 1.29 is 28.6 Å². The van der Waals surface area contributed by atoms with Gasteiger partial charge >= 0.3 is 6.09 Å². The van der Waals surface area contributed by atoms with Crippen molar-refractivity contribution in [1.82, 2.24) is 15.1 Å². The van der Waals surface area contributed by atoms with Crippen LogP contribution in [0, 0.1) is 5.82 Å². The molecule has 0 saturated carbocycles. The summed E-state index contributed by atoms with van der Waals surface area (Å²) in [5, 5.41) is 13.1. The van der Waals surface area contributed by atoms with Gasteiger partial charge in [-0.1, -0.05) is 12.1 Å². The quantitative estimate of drug-likeness (QED) is 0.654. The maximum absolute atomic E-state index is 13.5. The highest BCUT2D eigenvalue weighted by Gasteiger charge is 2.69. The van der Waals surface area contributed by atoms with E-state index in [-0.39, 0.29) is 24.3 Å². The number of rotatable bonds is 5. The minimum atomic E-state index is -1.13. The lowest BCUT2D eigenvalue weighted by Gasteiger charge is -2.59. The number of nitrogens with zero attached hydrogens (tertiary/aromatic N) is 2. The second-order valence-corrected chi connectivity index (χ2v) is 10.1. The number of halogens is 1. The van der Waals surface area contributed by atoms with Crippen LogP contribution in [0.1, 0.15) is 59.9 Å². The number of aliphatic hydroxyl groups excluding tert-OH is 1. The number of amides is 3. The molecule has 1 aromatic rings. The van der Waals surface area contributed by atoms with E-state index < -0.39 is 41.3 Å². The lowest BCUT2D eigenvalue weighted by atomic mass is 9.75. The summed E-state index contributed by atoms with van der Waals surface area (Å²) in [5.74, 6) is -1.26. The smallest absolute Gasteiger partial charge is 0.411 e. The van der Waals surface area contributed by atoms with E-state index in [1.54, 1.807) is 39.8 Å². The summed E-state index contributed by atoms with van der Waals surface area (Å²) in [6.07, 6.45) is -0.579. The summed E-state index contributed by atoms with van der Waals surface area (Å²) < 4.78 is 18.7. The molecule has 1 spiro atoms. The van der Waals surface area contributed by atoms with Gasteiger partial charge in [0.05, 0.1) is 12.1 Å². The van der Waals surface area contributed by atoms with Crippen LogP contribution in [0.25, 0.3) is 0 Å². The van der Waals surface area contributed by atoms with Crippen LogP contribution in [0.3, 0.4) is 0 Å². The Balaban J connectivity index is 1.78. The van der Waals surface area contributed by atoms with Crippen LogP contribution in [0.4, 0.5) is 9.18 Å². The van der Waals surface area contributed by atoms with E-state index in [0.29, 0.717) is 18.4 Å². The van der Waals surface area contributed by atoms with E-state index >= 15 is 0 Å². The highest BCUT2D eigenvalue weighted by Crippen LogP contribution is 2.48. The van der Waals surface area contributed by atoms with Crippen molar-refractivity contribution >= 4 is 17.9 Å². The molecule has 2 N–H and O–H groups in total. The zero-order valence-electron chi connectivity index (χ0n) is 20.1. The topological polar surface area (TPSA) is 99.2 Å². The highest BCUT2D eigenvalue weighted by atomic mass is 19.1. The third-order valence-corrected chi connectivity index (χ3v) is 6.52. The summed E-state index contributed by atoms with van der Waals surface area (Å²) in [5.41, 5.74) is -1.11. The molecule has 2 heterocycles. The number of benzene rings is 1. The number of carbonyl (C=O) groups is 3. The second kappa shape index (κ2) is 8.93. The van der Waals surface area contributed by atoms with Crippen molar-refractivity contribution in [2.24, 2.45) is 0 Å². The van der Waals surface area contributed by atoms with Crippen molar-refractivity contribution in [2.75, 3.05) is 0 Å². The molecule has 0 bridgehead atoms. The van der Waals surface area contributed by atoms with Gasteiger partial charge in [0.15, 0.2) is 0 Å². The van der Waals surface area contributed by atoms with Gasteiger partial charge in [0, 0.05) is 12.6 Å². The van der Waals surface area contributed by atoms with Gasteiger partial charge in [0.2, 0.25) is 5.91 Å². The van der Waals surface area contributed by atoms with Crippen molar-refractivity contribution in [3.8, 4) is 0 Å². The minimum Gasteiger partial charge on any atom is -0.444 e. The summed E-state index contributed by atoms with van der Waals surface area (Å²) >= 11 is 0. The van der Waals surface area contributed by atoms with Crippen LogP contribution in [0.5, 0.6) is 0 Å². The number of aliphatic hydroxyl groups is 1. The van der Waals surface area contributed by atoms with Crippen molar-refractivity contribution in [2.45, 2.75) is 96.3 Å². The zero-order valence-corrected chi connectivity index (χ0v) is 20.1. The largest absolute Gasteiger partial charge is 0.444 e. The third-order valence-electron chi connectivity index (χ3n) is 6.52. The number of hydrogen-bond donors (Lipinski definition) is 2. The maximum Gasteiger partial charge on any atom is 0.411 e. The Morgan fingerprint density at radius 3 is 2.39 bits per heavy atom. The second-order valence-electron chi connectivity index (χ2n) is 10.1. The van der Waals surface area contributed by atoms with E-state index in [2.05, 4.69) is 5.32 Å². The van der Waals surface area contributed by atoms with Crippen LogP contribution in [0.15, 0.2) is 24.3 Å². The molecule has 2 saturated heterocycles. The minimum absolute atomic E-state index is 0.130. The molecular formula is C24H34FN3O5. The fourth-order valence-corrected chi connectivity index (χ4v) is 4.93. The first kappa shape index (κ1) is 25.0. The average molecular weight is 464 g/mol. The van der Waals surface area contributed by atoms with E-state index in [1.807, 2.05) is 6.92 Å². The normalized spacial score (nSPS) is 26.7. The Labute approximate surface area is 194 Å². The lowest BCUT2D eigenvalue weighted by Crippen LogP contribution is -2.82. The van der Waals surface area contributed by atoms with Crippen LogP contribution < -0.4 is 5.32 Å². The van der Waals surface area contributed by atoms with Crippen LogP contribution >= 0.6 is 0 Å². The standard InChI is InChI=1S/C24H34FN3O5/c1-14-11-12-24(28(14)22(32)33-23(4,5)6)16(3)27(21(24)31)19(15(2)29)20(30)26-13-17-7-9-18(25)10-8-17/h7-10,14-16,19,29H,11-13H2,1-6H3,(H,26,30)/t14?,15-,16?,19+,24?/m1/s1. The molecule has 182 valence electrons. The SMILES string of the molecule is CC1CCC2(C(=O)N([C@H](C(=O)NCc3ccc(F)cc3)[C@@H](C)O)C2C)N1C(=O)OC(C)(C)C. The number of ether oxygens (including phenoxy) is 1. The predicted molar refractivity (Wildman–Crippen MR) is 120 cm³/mol. The molecule has 3 amide bonds. The first-order valence-electron chi connectivity index (χ1n) is 11.3. The Morgan fingerprint density at radius 2 is 1.88 bits per heavy atom. The van der Waals surface area contributed by atoms with Crippen molar-refractivity contribution in [1.29, 1.82) is 0 Å². The summed E-state index contributed by atoms with van der Waals surface area (Å²) in [4.78, 5) is 42.4. The van der Waals surface area contributed by atoms with Gasteiger partial charge < -0.3 is 20.1 Å². The Kier molecular flexibility index (Phi) is 6.75. The molecule has 3 unspecified atom stereocenters. The number of likely N-dealkylation sites (tertiary alicyclic amines) is 2. The fourth-order valence-electron chi connectivity index (χ4n) is 4.93. The summed E-state index contributed by atoms with van der Waals surface area (Å²) in [6, 6.07) is 3.91. The zero-order chi connectivity index (χ0) is 24.7. The number of β-lactam (4-membered cyclic amide) rings is 1. The molecule has 2 fully saturated rings. The van der Waals surface area contributed by atoms with E-state index in [9.17, 15) is 23.9 Å². The molecule has 33 heavy (non-hydrogen) atoms. The molecule has 2 aliphatic rings. The monoisotopic (exact) mass is 463 g/mol. The first-order chi connectivity index (χ1) is 15.3. The van der Waals surface area contributed by atoms with Gasteiger partial charge in [-0.2, -0.15) is 0 Å².